The Balaban J connectivity index is 1.56. The largest absolute Gasteiger partial charge is 0.350 e. The van der Waals surface area contributed by atoms with Gasteiger partial charge in [0.2, 0.25) is 11.9 Å². The van der Waals surface area contributed by atoms with Crippen LogP contribution in [0, 0.1) is 19.7 Å². The fraction of sp³-hybridized carbons (Fsp3) is 0.424. The van der Waals surface area contributed by atoms with E-state index in [9.17, 15) is 4.79 Å². The lowest BCUT2D eigenvalue weighted by molar-refractivity contribution is -0.128. The van der Waals surface area contributed by atoms with Gasteiger partial charge in [-0.2, -0.15) is 4.98 Å². The molecule has 2 atom stereocenters. The Morgan fingerprint density at radius 2 is 1.77 bits per heavy atom. The van der Waals surface area contributed by atoms with Crippen molar-refractivity contribution in [2.45, 2.75) is 45.8 Å². The summed E-state index contributed by atoms with van der Waals surface area (Å²) in [5, 5.41) is 1.94. The molecular weight excluding hydrogens is 565 g/mol. The Kier molecular flexibility index (Phi) is 7.37. The molecule has 4 aromatic rings. The SMILES string of the molecule is C=CC(=O)N1C[C@H](C)N(c2nc(N3CC(N(C)C)C3)nc3c(F)c(-c4c(C)ccc5c(C)cn(C)c45)c(Cl)cc23)C[C@H]1C. The molecule has 0 aliphatic carbocycles. The van der Waals surface area contributed by atoms with Gasteiger partial charge in [0.15, 0.2) is 5.82 Å². The molecule has 43 heavy (non-hydrogen) atoms. The standard InChI is InChI=1S/C33H39ClFN7O/c1-9-26(43)41-14-21(5)42(15-20(41)4)32-24-12-25(34)28(27-18(2)10-11-23-19(3)13-39(8)31(23)27)29(35)30(24)36-33(37-32)40-16-22(17-40)38(6)7/h9-13,20-22H,1,14-17H2,2-8H3/t20-,21+/m1/s1. The monoisotopic (exact) mass is 603 g/mol. The Bertz CT molecular complexity index is 1780. The zero-order chi connectivity index (χ0) is 30.9. The van der Waals surface area contributed by atoms with Gasteiger partial charge in [-0.15, -0.1) is 0 Å². The number of hydrogen-bond donors (Lipinski definition) is 0. The number of fused-ring (bicyclic) bond motifs is 2. The number of aryl methyl sites for hydroxylation is 3. The number of likely N-dealkylation sites (N-methyl/N-ethyl adjacent to an activating group) is 1. The van der Waals surface area contributed by atoms with Crippen LogP contribution in [0.5, 0.6) is 0 Å². The third-order valence-electron chi connectivity index (χ3n) is 9.24. The van der Waals surface area contributed by atoms with E-state index in [-0.39, 0.29) is 23.5 Å². The molecular formula is C33H39ClFN7O. The molecule has 0 saturated carbocycles. The number of anilines is 2. The van der Waals surface area contributed by atoms with Crippen LogP contribution in [0.2, 0.25) is 5.02 Å². The van der Waals surface area contributed by atoms with E-state index in [4.69, 9.17) is 21.6 Å². The van der Waals surface area contributed by atoms with Crippen molar-refractivity contribution in [3.8, 4) is 11.1 Å². The molecule has 2 aliphatic rings. The summed E-state index contributed by atoms with van der Waals surface area (Å²) >= 11 is 7.03. The quantitative estimate of drug-likeness (QED) is 0.279. The highest BCUT2D eigenvalue weighted by Crippen LogP contribution is 2.44. The number of benzene rings is 2. The van der Waals surface area contributed by atoms with Gasteiger partial charge in [0.25, 0.3) is 0 Å². The number of nitrogens with zero attached hydrogens (tertiary/aromatic N) is 7. The normalized spacial score (nSPS) is 19.5. The lowest BCUT2D eigenvalue weighted by Gasteiger charge is -2.45. The highest BCUT2D eigenvalue weighted by atomic mass is 35.5. The van der Waals surface area contributed by atoms with Crippen LogP contribution >= 0.6 is 11.6 Å². The third-order valence-corrected chi connectivity index (χ3v) is 9.54. The van der Waals surface area contributed by atoms with Crippen molar-refractivity contribution >= 4 is 51.1 Å². The van der Waals surface area contributed by atoms with Crippen molar-refractivity contribution in [1.82, 2.24) is 24.3 Å². The van der Waals surface area contributed by atoms with Gasteiger partial charge < -0.3 is 24.2 Å². The van der Waals surface area contributed by atoms with Gasteiger partial charge >= 0.3 is 0 Å². The Hall–Kier alpha value is -3.69. The number of carbonyl (C=O) groups excluding carboxylic acids is 1. The molecule has 1 amide bonds. The van der Waals surface area contributed by atoms with Crippen LogP contribution in [0.1, 0.15) is 25.0 Å². The second-order valence-corrected chi connectivity index (χ2v) is 12.8. The average Bonchev–Trinajstić information content (AvgIpc) is 3.22. The maximum absolute atomic E-state index is 17.1. The topological polar surface area (TPSA) is 60.7 Å². The number of aromatic nitrogens is 3. The van der Waals surface area contributed by atoms with E-state index >= 15 is 4.39 Å². The molecule has 0 bridgehead atoms. The smallest absolute Gasteiger partial charge is 0.246 e. The minimum Gasteiger partial charge on any atom is -0.350 e. The summed E-state index contributed by atoms with van der Waals surface area (Å²) in [5.74, 6) is 0.589. The lowest BCUT2D eigenvalue weighted by atomic mass is 9.95. The first-order valence-electron chi connectivity index (χ1n) is 14.8. The van der Waals surface area contributed by atoms with Gasteiger partial charge in [0.05, 0.1) is 10.5 Å². The summed E-state index contributed by atoms with van der Waals surface area (Å²) in [7, 11) is 6.10. The van der Waals surface area contributed by atoms with E-state index in [1.807, 2.05) is 42.5 Å². The second-order valence-electron chi connectivity index (χ2n) is 12.4. The maximum Gasteiger partial charge on any atom is 0.246 e. The summed E-state index contributed by atoms with van der Waals surface area (Å²) in [5.41, 5.74) is 4.37. The fourth-order valence-electron chi connectivity index (χ4n) is 6.67. The highest BCUT2D eigenvalue weighted by Gasteiger charge is 2.36. The molecule has 10 heteroatoms. The Morgan fingerprint density at radius 1 is 1.05 bits per heavy atom. The molecule has 2 aliphatic heterocycles. The predicted molar refractivity (Wildman–Crippen MR) is 174 cm³/mol. The molecule has 2 saturated heterocycles. The van der Waals surface area contributed by atoms with Crippen molar-refractivity contribution in [1.29, 1.82) is 0 Å². The van der Waals surface area contributed by atoms with Gasteiger partial charge in [0.1, 0.15) is 11.3 Å². The van der Waals surface area contributed by atoms with Crippen molar-refractivity contribution in [2.75, 3.05) is 50.1 Å². The highest BCUT2D eigenvalue weighted by molar-refractivity contribution is 6.35. The van der Waals surface area contributed by atoms with Crippen LogP contribution in [-0.2, 0) is 11.8 Å². The zero-order valence-electron chi connectivity index (χ0n) is 25.9. The molecule has 6 rings (SSSR count). The van der Waals surface area contributed by atoms with E-state index < -0.39 is 5.82 Å². The summed E-state index contributed by atoms with van der Waals surface area (Å²) in [6.45, 7) is 14.3. The first-order valence-corrected chi connectivity index (χ1v) is 15.1. The Labute approximate surface area is 257 Å². The molecule has 226 valence electrons. The van der Waals surface area contributed by atoms with Crippen molar-refractivity contribution in [3.05, 3.63) is 59.0 Å². The molecule has 2 aromatic heterocycles. The van der Waals surface area contributed by atoms with E-state index in [2.05, 4.69) is 61.5 Å². The predicted octanol–water partition coefficient (Wildman–Crippen LogP) is 5.56. The first kappa shape index (κ1) is 29.4. The Morgan fingerprint density at radius 3 is 2.44 bits per heavy atom. The van der Waals surface area contributed by atoms with Crippen molar-refractivity contribution in [3.63, 3.8) is 0 Å². The average molecular weight is 604 g/mol. The summed E-state index contributed by atoms with van der Waals surface area (Å²) in [6, 6.07) is 6.15. The van der Waals surface area contributed by atoms with Crippen LogP contribution in [-0.4, -0.2) is 88.6 Å². The van der Waals surface area contributed by atoms with E-state index in [0.29, 0.717) is 46.9 Å². The summed E-state index contributed by atoms with van der Waals surface area (Å²) in [4.78, 5) is 30.7. The van der Waals surface area contributed by atoms with Gasteiger partial charge in [-0.25, -0.2) is 9.37 Å². The van der Waals surface area contributed by atoms with Crippen LogP contribution in [0.3, 0.4) is 0 Å². The fourth-order valence-corrected chi connectivity index (χ4v) is 6.95. The van der Waals surface area contributed by atoms with Gasteiger partial charge in [0, 0.05) is 79.4 Å². The molecule has 2 aromatic carbocycles. The number of hydrogen-bond acceptors (Lipinski definition) is 6. The number of amides is 1. The van der Waals surface area contributed by atoms with Crippen LogP contribution in [0.25, 0.3) is 32.9 Å². The molecule has 0 N–H and O–H groups in total. The first-order chi connectivity index (χ1) is 20.4. The molecule has 0 radical (unpaired) electrons. The molecule has 0 spiro atoms. The van der Waals surface area contributed by atoms with Crippen molar-refractivity contribution in [2.24, 2.45) is 7.05 Å². The summed E-state index contributed by atoms with van der Waals surface area (Å²) in [6.07, 6.45) is 3.42. The molecule has 4 heterocycles. The second kappa shape index (κ2) is 10.8. The van der Waals surface area contributed by atoms with Gasteiger partial charge in [-0.1, -0.05) is 30.3 Å². The molecule has 2 fully saturated rings. The number of carbonyl (C=O) groups is 1. The zero-order valence-corrected chi connectivity index (χ0v) is 26.7. The lowest BCUT2D eigenvalue weighted by Crippen LogP contribution is -2.59. The van der Waals surface area contributed by atoms with E-state index in [1.165, 1.54) is 6.08 Å². The number of piperazine rings is 1. The summed E-state index contributed by atoms with van der Waals surface area (Å²) < 4.78 is 19.1. The minimum absolute atomic E-state index is 0.0687. The molecule has 8 nitrogen and oxygen atoms in total. The molecule has 0 unspecified atom stereocenters. The van der Waals surface area contributed by atoms with Crippen molar-refractivity contribution < 1.29 is 9.18 Å². The van der Waals surface area contributed by atoms with E-state index in [0.717, 1.165) is 40.7 Å². The number of halogens is 2. The number of rotatable bonds is 5. The van der Waals surface area contributed by atoms with Crippen LogP contribution in [0.15, 0.2) is 37.1 Å². The van der Waals surface area contributed by atoms with Crippen LogP contribution < -0.4 is 9.80 Å². The third kappa shape index (κ3) is 4.73. The maximum atomic E-state index is 17.1. The van der Waals surface area contributed by atoms with E-state index in [1.54, 1.807) is 0 Å². The van der Waals surface area contributed by atoms with Crippen LogP contribution in [0.4, 0.5) is 16.2 Å². The van der Waals surface area contributed by atoms with Gasteiger partial charge in [-0.05, 0) is 65.1 Å². The van der Waals surface area contributed by atoms with Gasteiger partial charge in [-0.3, -0.25) is 4.79 Å². The minimum atomic E-state index is -0.451.